The molecular weight excluding hydrogens is 170 g/mol. The summed E-state index contributed by atoms with van der Waals surface area (Å²) in [5, 5.41) is 3.64. The van der Waals surface area contributed by atoms with Crippen molar-refractivity contribution in [1.29, 1.82) is 0 Å². The van der Waals surface area contributed by atoms with Crippen LogP contribution in [-0.4, -0.2) is 12.6 Å². The molecule has 0 radical (unpaired) electrons. The number of rotatable bonds is 1. The van der Waals surface area contributed by atoms with Gasteiger partial charge in [-0.05, 0) is 55.9 Å². The van der Waals surface area contributed by atoms with E-state index in [4.69, 9.17) is 0 Å². The minimum atomic E-state index is 0.613. The van der Waals surface area contributed by atoms with Gasteiger partial charge in [0.15, 0.2) is 0 Å². The highest BCUT2D eigenvalue weighted by Crippen LogP contribution is 2.49. The molecule has 0 aromatic heterocycles. The van der Waals surface area contributed by atoms with Gasteiger partial charge in [0.2, 0.25) is 0 Å². The van der Waals surface area contributed by atoms with Gasteiger partial charge in [-0.1, -0.05) is 20.8 Å². The molecule has 1 nitrogen and oxygen atoms in total. The van der Waals surface area contributed by atoms with Crippen LogP contribution in [0, 0.1) is 23.2 Å². The van der Waals surface area contributed by atoms with E-state index in [0.29, 0.717) is 5.41 Å². The number of nitrogens with one attached hydrogen (secondary N) is 1. The lowest BCUT2D eigenvalue weighted by atomic mass is 9.61. The Balaban J connectivity index is 2.08. The van der Waals surface area contributed by atoms with Crippen molar-refractivity contribution < 1.29 is 0 Å². The fraction of sp³-hybridized carbons (Fsp3) is 1.00. The van der Waals surface area contributed by atoms with E-state index in [9.17, 15) is 0 Å². The van der Waals surface area contributed by atoms with Crippen molar-refractivity contribution in [3.8, 4) is 0 Å². The first-order valence-corrected chi connectivity index (χ1v) is 6.26. The van der Waals surface area contributed by atoms with Crippen LogP contribution in [0.4, 0.5) is 0 Å². The second kappa shape index (κ2) is 3.52. The fourth-order valence-corrected chi connectivity index (χ4v) is 3.39. The molecule has 0 bridgehead atoms. The van der Waals surface area contributed by atoms with E-state index in [1.165, 1.54) is 25.8 Å². The maximum absolute atomic E-state index is 3.64. The van der Waals surface area contributed by atoms with Gasteiger partial charge in [0.05, 0.1) is 0 Å². The maximum Gasteiger partial charge on any atom is 0.00704 e. The summed E-state index contributed by atoms with van der Waals surface area (Å²) >= 11 is 0. The maximum atomic E-state index is 3.64. The topological polar surface area (TPSA) is 12.0 Å². The van der Waals surface area contributed by atoms with Crippen LogP contribution < -0.4 is 5.32 Å². The average molecular weight is 195 g/mol. The molecule has 4 unspecified atom stereocenters. The van der Waals surface area contributed by atoms with Crippen LogP contribution in [0.3, 0.4) is 0 Å². The van der Waals surface area contributed by atoms with Crippen molar-refractivity contribution in [2.45, 2.75) is 53.0 Å². The summed E-state index contributed by atoms with van der Waals surface area (Å²) in [6.07, 6.45) is 4.35. The highest BCUT2D eigenvalue weighted by molar-refractivity contribution is 4.97. The first kappa shape index (κ1) is 10.5. The largest absolute Gasteiger partial charge is 0.314 e. The van der Waals surface area contributed by atoms with Crippen LogP contribution in [0.15, 0.2) is 0 Å². The van der Waals surface area contributed by atoms with Gasteiger partial charge in [-0.15, -0.1) is 0 Å². The van der Waals surface area contributed by atoms with E-state index in [2.05, 4.69) is 33.0 Å². The van der Waals surface area contributed by atoms with Crippen molar-refractivity contribution in [3.63, 3.8) is 0 Å². The second-order valence-electron chi connectivity index (χ2n) is 6.17. The van der Waals surface area contributed by atoms with E-state index < -0.39 is 0 Å². The standard InChI is InChI=1S/C13H25N/c1-9(2)13(4)6-5-11-8-14-10(3)12(11)7-13/h9-12,14H,5-8H2,1-4H3. The van der Waals surface area contributed by atoms with E-state index in [-0.39, 0.29) is 0 Å². The van der Waals surface area contributed by atoms with Gasteiger partial charge in [0.25, 0.3) is 0 Å². The zero-order valence-corrected chi connectivity index (χ0v) is 10.1. The molecule has 1 saturated carbocycles. The van der Waals surface area contributed by atoms with Crippen LogP contribution in [0.1, 0.15) is 47.0 Å². The highest BCUT2D eigenvalue weighted by Gasteiger charge is 2.43. The first-order chi connectivity index (χ1) is 6.53. The molecule has 2 fully saturated rings. The summed E-state index contributed by atoms with van der Waals surface area (Å²) < 4.78 is 0. The third-order valence-electron chi connectivity index (χ3n) is 5.13. The average Bonchev–Trinajstić information content (AvgIpc) is 2.48. The lowest BCUT2D eigenvalue weighted by Crippen LogP contribution is -2.37. The van der Waals surface area contributed by atoms with Crippen LogP contribution in [0.2, 0.25) is 0 Å². The SMILES string of the molecule is CC1NCC2CCC(C)(C(C)C)CC21. The van der Waals surface area contributed by atoms with Crippen LogP contribution in [-0.2, 0) is 0 Å². The van der Waals surface area contributed by atoms with Crippen molar-refractivity contribution in [2.24, 2.45) is 23.2 Å². The fourth-order valence-electron chi connectivity index (χ4n) is 3.39. The molecule has 1 heteroatoms. The molecule has 2 rings (SSSR count). The van der Waals surface area contributed by atoms with Crippen LogP contribution in [0.25, 0.3) is 0 Å². The summed E-state index contributed by atoms with van der Waals surface area (Å²) in [4.78, 5) is 0. The molecule has 1 saturated heterocycles. The molecule has 4 atom stereocenters. The molecular formula is C13H25N. The van der Waals surface area contributed by atoms with E-state index in [1.54, 1.807) is 0 Å². The minimum Gasteiger partial charge on any atom is -0.314 e. The lowest BCUT2D eigenvalue weighted by Gasteiger charge is -2.43. The van der Waals surface area contributed by atoms with Crippen molar-refractivity contribution in [2.75, 3.05) is 6.54 Å². The predicted molar refractivity (Wildman–Crippen MR) is 61.2 cm³/mol. The predicted octanol–water partition coefficient (Wildman–Crippen LogP) is 3.06. The quantitative estimate of drug-likeness (QED) is 0.678. The molecule has 0 aromatic rings. The minimum absolute atomic E-state index is 0.613. The Hall–Kier alpha value is -0.0400. The van der Waals surface area contributed by atoms with Gasteiger partial charge in [-0.2, -0.15) is 0 Å². The van der Waals surface area contributed by atoms with Gasteiger partial charge in [-0.25, -0.2) is 0 Å². The second-order valence-corrected chi connectivity index (χ2v) is 6.17. The Morgan fingerprint density at radius 3 is 2.71 bits per heavy atom. The summed E-state index contributed by atoms with van der Waals surface area (Å²) in [5.74, 6) is 2.78. The monoisotopic (exact) mass is 195 g/mol. The van der Waals surface area contributed by atoms with Crippen LogP contribution in [0.5, 0.6) is 0 Å². The third-order valence-corrected chi connectivity index (χ3v) is 5.13. The van der Waals surface area contributed by atoms with E-state index in [0.717, 1.165) is 23.8 Å². The van der Waals surface area contributed by atoms with Crippen LogP contribution >= 0.6 is 0 Å². The Morgan fingerprint density at radius 2 is 2.07 bits per heavy atom. The van der Waals surface area contributed by atoms with Crippen molar-refractivity contribution >= 4 is 0 Å². The molecule has 82 valence electrons. The summed E-state index contributed by atoms with van der Waals surface area (Å²) in [6, 6.07) is 0.762. The molecule has 1 aliphatic carbocycles. The molecule has 2 aliphatic rings. The van der Waals surface area contributed by atoms with Gasteiger partial charge < -0.3 is 5.32 Å². The van der Waals surface area contributed by atoms with Gasteiger partial charge >= 0.3 is 0 Å². The molecule has 0 aromatic carbocycles. The van der Waals surface area contributed by atoms with E-state index in [1.807, 2.05) is 0 Å². The molecule has 1 N–H and O–H groups in total. The molecule has 0 spiro atoms. The molecule has 0 amide bonds. The van der Waals surface area contributed by atoms with Crippen molar-refractivity contribution in [1.82, 2.24) is 5.32 Å². The Morgan fingerprint density at radius 1 is 1.36 bits per heavy atom. The summed E-state index contributed by atoms with van der Waals surface area (Å²) in [7, 11) is 0. The zero-order valence-electron chi connectivity index (χ0n) is 10.1. The van der Waals surface area contributed by atoms with Gasteiger partial charge in [0, 0.05) is 6.04 Å². The Kier molecular flexibility index (Phi) is 2.63. The highest BCUT2D eigenvalue weighted by atomic mass is 15.0. The molecule has 1 heterocycles. The Labute approximate surface area is 88.7 Å². The third kappa shape index (κ3) is 1.60. The normalized spacial score (nSPS) is 48.2. The number of hydrogen-bond acceptors (Lipinski definition) is 1. The van der Waals surface area contributed by atoms with Gasteiger partial charge in [0.1, 0.15) is 0 Å². The Bertz CT molecular complexity index is 211. The molecule has 14 heavy (non-hydrogen) atoms. The summed E-state index contributed by atoms with van der Waals surface area (Å²) in [6.45, 7) is 10.9. The summed E-state index contributed by atoms with van der Waals surface area (Å²) in [5.41, 5.74) is 0.613. The molecule has 1 aliphatic heterocycles. The lowest BCUT2D eigenvalue weighted by molar-refractivity contribution is 0.0736. The smallest absolute Gasteiger partial charge is 0.00704 e. The van der Waals surface area contributed by atoms with Gasteiger partial charge in [-0.3, -0.25) is 0 Å². The number of hydrogen-bond donors (Lipinski definition) is 1. The zero-order chi connectivity index (χ0) is 10.3. The van der Waals surface area contributed by atoms with Crippen molar-refractivity contribution in [3.05, 3.63) is 0 Å². The first-order valence-electron chi connectivity index (χ1n) is 6.26. The van der Waals surface area contributed by atoms with E-state index >= 15 is 0 Å². The number of fused-ring (bicyclic) bond motifs is 1.